The average Bonchev–Trinajstić information content (AvgIpc) is 2.69. The van der Waals surface area contributed by atoms with Crippen LogP contribution in [0.5, 0.6) is 5.75 Å². The molecular formula is C20H16FN3O4S. The Morgan fingerprint density at radius 2 is 1.66 bits per heavy atom. The number of nitrogens with zero attached hydrogens (tertiary/aromatic N) is 1. The van der Waals surface area contributed by atoms with E-state index in [4.69, 9.17) is 9.92 Å². The molecule has 0 radical (unpaired) electrons. The Labute approximate surface area is 166 Å². The summed E-state index contributed by atoms with van der Waals surface area (Å²) in [6.07, 6.45) is 1.38. The molecule has 29 heavy (non-hydrogen) atoms. The Hall–Kier alpha value is -3.72. The molecule has 3 N–H and O–H groups in total. The minimum Gasteiger partial charge on any atom is -0.398 e. The van der Waals surface area contributed by atoms with Crippen molar-refractivity contribution in [3.8, 4) is 5.75 Å². The summed E-state index contributed by atoms with van der Waals surface area (Å²) in [5, 5.41) is 3.84. The van der Waals surface area contributed by atoms with Crippen molar-refractivity contribution in [1.82, 2.24) is 5.43 Å². The number of carbonyl (C=O) groups excluding carboxylic acids is 1. The van der Waals surface area contributed by atoms with Gasteiger partial charge in [0, 0.05) is 5.69 Å². The van der Waals surface area contributed by atoms with Gasteiger partial charge in [0.2, 0.25) is 0 Å². The van der Waals surface area contributed by atoms with Crippen molar-refractivity contribution in [2.75, 3.05) is 5.73 Å². The van der Waals surface area contributed by atoms with Gasteiger partial charge in [-0.05, 0) is 66.2 Å². The van der Waals surface area contributed by atoms with Crippen LogP contribution in [-0.4, -0.2) is 20.5 Å². The number of carbonyl (C=O) groups is 1. The van der Waals surface area contributed by atoms with E-state index in [0.717, 1.165) is 24.3 Å². The highest BCUT2D eigenvalue weighted by molar-refractivity contribution is 7.87. The van der Waals surface area contributed by atoms with Crippen LogP contribution in [0.4, 0.5) is 10.1 Å². The highest BCUT2D eigenvalue weighted by atomic mass is 32.2. The number of halogens is 1. The van der Waals surface area contributed by atoms with Crippen molar-refractivity contribution in [3.05, 3.63) is 89.7 Å². The zero-order valence-electron chi connectivity index (χ0n) is 14.9. The van der Waals surface area contributed by atoms with Gasteiger partial charge in [-0.2, -0.15) is 13.5 Å². The molecule has 148 valence electrons. The summed E-state index contributed by atoms with van der Waals surface area (Å²) >= 11 is 0. The number of hydrogen-bond acceptors (Lipinski definition) is 6. The van der Waals surface area contributed by atoms with Crippen LogP contribution in [0.1, 0.15) is 15.9 Å². The maximum Gasteiger partial charge on any atom is 0.339 e. The molecule has 0 saturated heterocycles. The topological polar surface area (TPSA) is 111 Å². The monoisotopic (exact) mass is 413 g/mol. The third-order valence-electron chi connectivity index (χ3n) is 3.77. The number of hydrogen-bond donors (Lipinski definition) is 2. The van der Waals surface area contributed by atoms with Gasteiger partial charge >= 0.3 is 10.1 Å². The van der Waals surface area contributed by atoms with Crippen molar-refractivity contribution in [3.63, 3.8) is 0 Å². The summed E-state index contributed by atoms with van der Waals surface area (Å²) < 4.78 is 42.3. The molecule has 3 rings (SSSR count). The van der Waals surface area contributed by atoms with E-state index >= 15 is 0 Å². The standard InChI is InChI=1S/C20H16FN3O4S/c21-15-7-11-17(12-8-15)29(26,27)28-16-9-5-14(6-10-16)13-23-24-20(25)18-3-1-2-4-19(18)22/h1-13H,22H2,(H,24,25)/b23-13-. The Morgan fingerprint density at radius 3 is 2.31 bits per heavy atom. The van der Waals surface area contributed by atoms with Gasteiger partial charge < -0.3 is 9.92 Å². The Bertz CT molecular complexity index is 1150. The first-order chi connectivity index (χ1) is 13.8. The zero-order valence-corrected chi connectivity index (χ0v) is 15.8. The molecule has 0 fully saturated rings. The summed E-state index contributed by atoms with van der Waals surface area (Å²) in [5.74, 6) is -0.924. The average molecular weight is 413 g/mol. The first kappa shape index (κ1) is 20.0. The van der Waals surface area contributed by atoms with E-state index in [2.05, 4.69) is 10.5 Å². The van der Waals surface area contributed by atoms with Crippen LogP contribution >= 0.6 is 0 Å². The van der Waals surface area contributed by atoms with Crippen LogP contribution in [0.15, 0.2) is 82.8 Å². The molecule has 0 spiro atoms. The molecule has 0 bridgehead atoms. The predicted octanol–water partition coefficient (Wildman–Crippen LogP) is 2.94. The molecule has 0 unspecified atom stereocenters. The molecule has 9 heteroatoms. The maximum atomic E-state index is 12.9. The molecule has 7 nitrogen and oxygen atoms in total. The Kier molecular flexibility index (Phi) is 5.89. The summed E-state index contributed by atoms with van der Waals surface area (Å²) in [5.41, 5.74) is 9.32. The van der Waals surface area contributed by atoms with Crippen molar-refractivity contribution in [1.29, 1.82) is 0 Å². The van der Waals surface area contributed by atoms with E-state index < -0.39 is 21.8 Å². The normalized spacial score (nSPS) is 11.3. The second kappa shape index (κ2) is 8.53. The van der Waals surface area contributed by atoms with Crippen molar-refractivity contribution in [2.24, 2.45) is 5.10 Å². The minimum atomic E-state index is -4.08. The maximum absolute atomic E-state index is 12.9. The fourth-order valence-corrected chi connectivity index (χ4v) is 3.25. The number of benzene rings is 3. The Morgan fingerprint density at radius 1 is 1.00 bits per heavy atom. The van der Waals surface area contributed by atoms with Gasteiger partial charge in [-0.15, -0.1) is 0 Å². The highest BCUT2D eigenvalue weighted by Gasteiger charge is 2.16. The number of amides is 1. The predicted molar refractivity (Wildman–Crippen MR) is 107 cm³/mol. The van der Waals surface area contributed by atoms with E-state index in [1.54, 1.807) is 36.4 Å². The van der Waals surface area contributed by atoms with Crippen molar-refractivity contribution < 1.29 is 21.8 Å². The van der Waals surface area contributed by atoms with Crippen molar-refractivity contribution in [2.45, 2.75) is 4.90 Å². The van der Waals surface area contributed by atoms with Crippen LogP contribution in [0.3, 0.4) is 0 Å². The largest absolute Gasteiger partial charge is 0.398 e. The number of nitrogens with two attached hydrogens (primary N) is 1. The lowest BCUT2D eigenvalue weighted by Gasteiger charge is -2.07. The van der Waals surface area contributed by atoms with Crippen LogP contribution in [-0.2, 0) is 10.1 Å². The number of para-hydroxylation sites is 1. The summed E-state index contributed by atoms with van der Waals surface area (Å²) in [6, 6.07) is 16.9. The highest BCUT2D eigenvalue weighted by Crippen LogP contribution is 2.19. The molecule has 0 aliphatic carbocycles. The SMILES string of the molecule is Nc1ccccc1C(=O)N/N=C\c1ccc(OS(=O)(=O)c2ccc(F)cc2)cc1. The molecule has 0 atom stereocenters. The van der Waals surface area contributed by atoms with Gasteiger partial charge in [-0.1, -0.05) is 12.1 Å². The number of hydrazone groups is 1. The lowest BCUT2D eigenvalue weighted by Crippen LogP contribution is -2.19. The fraction of sp³-hybridized carbons (Fsp3) is 0. The lowest BCUT2D eigenvalue weighted by molar-refractivity contribution is 0.0956. The van der Waals surface area contributed by atoms with E-state index in [9.17, 15) is 17.6 Å². The van der Waals surface area contributed by atoms with E-state index in [1.165, 1.54) is 18.3 Å². The minimum absolute atomic E-state index is 0.0765. The molecule has 3 aromatic carbocycles. The third-order valence-corrected chi connectivity index (χ3v) is 5.03. The van der Waals surface area contributed by atoms with Crippen LogP contribution in [0.25, 0.3) is 0 Å². The first-order valence-electron chi connectivity index (χ1n) is 8.33. The third kappa shape index (κ3) is 5.17. The second-order valence-corrected chi connectivity index (χ2v) is 7.39. The Balaban J connectivity index is 1.63. The molecule has 3 aromatic rings. The zero-order chi connectivity index (χ0) is 20.9. The summed E-state index contributed by atoms with van der Waals surface area (Å²) in [7, 11) is -4.08. The quantitative estimate of drug-likeness (QED) is 0.279. The van der Waals surface area contributed by atoms with Crippen molar-refractivity contribution >= 4 is 27.9 Å². The van der Waals surface area contributed by atoms with Crippen LogP contribution in [0, 0.1) is 5.82 Å². The number of anilines is 1. The van der Waals surface area contributed by atoms with Gasteiger partial charge in [0.1, 0.15) is 16.5 Å². The molecular weight excluding hydrogens is 397 g/mol. The van der Waals surface area contributed by atoms with Crippen LogP contribution < -0.4 is 15.3 Å². The number of nitrogens with one attached hydrogen (secondary N) is 1. The first-order valence-corrected chi connectivity index (χ1v) is 9.74. The van der Waals surface area contributed by atoms with Gasteiger partial charge in [0.25, 0.3) is 5.91 Å². The molecule has 0 saturated carbocycles. The summed E-state index contributed by atoms with van der Waals surface area (Å²) in [4.78, 5) is 11.8. The lowest BCUT2D eigenvalue weighted by atomic mass is 10.2. The van der Waals surface area contributed by atoms with Gasteiger partial charge in [-0.25, -0.2) is 9.82 Å². The van der Waals surface area contributed by atoms with Gasteiger partial charge in [0.15, 0.2) is 0 Å². The summed E-state index contributed by atoms with van der Waals surface area (Å²) in [6.45, 7) is 0. The van der Waals surface area contributed by atoms with Gasteiger partial charge in [-0.3, -0.25) is 4.79 Å². The molecule has 0 aliphatic heterocycles. The van der Waals surface area contributed by atoms with E-state index in [0.29, 0.717) is 16.8 Å². The van der Waals surface area contributed by atoms with E-state index in [-0.39, 0.29) is 10.6 Å². The smallest absolute Gasteiger partial charge is 0.339 e. The molecule has 1 amide bonds. The molecule has 0 aromatic heterocycles. The molecule has 0 heterocycles. The van der Waals surface area contributed by atoms with Crippen LogP contribution in [0.2, 0.25) is 0 Å². The fourth-order valence-electron chi connectivity index (χ4n) is 2.31. The van der Waals surface area contributed by atoms with E-state index in [1.807, 2.05) is 0 Å². The second-order valence-electron chi connectivity index (χ2n) is 5.85. The van der Waals surface area contributed by atoms with Gasteiger partial charge in [0.05, 0.1) is 11.8 Å². The molecule has 0 aliphatic rings. The number of nitrogen functional groups attached to an aromatic ring is 1. The number of rotatable bonds is 6.